The molecule has 1 aliphatic heterocycles. The van der Waals surface area contributed by atoms with Crippen molar-refractivity contribution in [2.75, 3.05) is 32.0 Å². The highest BCUT2D eigenvalue weighted by Crippen LogP contribution is 2.31. The van der Waals surface area contributed by atoms with Gasteiger partial charge in [0.25, 0.3) is 0 Å². The van der Waals surface area contributed by atoms with Crippen LogP contribution < -0.4 is 10.6 Å². The van der Waals surface area contributed by atoms with E-state index in [0.717, 1.165) is 63.9 Å². The smallest absolute Gasteiger partial charge is 0.321 e. The van der Waals surface area contributed by atoms with Gasteiger partial charge in [-0.3, -0.25) is 10.1 Å². The summed E-state index contributed by atoms with van der Waals surface area (Å²) < 4.78 is 13.3. The number of piperidine rings is 1. The number of amides is 3. The van der Waals surface area contributed by atoms with Crippen molar-refractivity contribution in [2.45, 2.75) is 70.9 Å². The summed E-state index contributed by atoms with van der Waals surface area (Å²) in [5.41, 5.74) is 2.16. The number of thiazole rings is 1. The minimum Gasteiger partial charge on any atom is -0.343 e. The zero-order valence-corrected chi connectivity index (χ0v) is 23.0. The van der Waals surface area contributed by atoms with Crippen LogP contribution in [-0.2, 0) is 17.6 Å². The van der Waals surface area contributed by atoms with E-state index in [1.807, 2.05) is 36.4 Å². The van der Waals surface area contributed by atoms with Gasteiger partial charge in [-0.05, 0) is 81.0 Å². The van der Waals surface area contributed by atoms with Crippen molar-refractivity contribution in [3.05, 3.63) is 46.7 Å². The number of nitrogens with one attached hydrogen (secondary N) is 2. The largest absolute Gasteiger partial charge is 0.343 e. The minimum absolute atomic E-state index is 0.0414. The number of rotatable bonds is 8. The predicted molar refractivity (Wildman–Crippen MR) is 146 cm³/mol. The van der Waals surface area contributed by atoms with Gasteiger partial charge in [-0.25, -0.2) is 14.2 Å². The standard InChI is InChI=1S/C28H40FN5O2S/c1-4-24-18-37-28(30-24)32-27(36)31-26-12-11-25(33(3)19(2)35)15-22(26)17-34-13-5-6-21(16-34)14-20-7-9-23(29)10-8-20/h7-10,18,21-22,25-26H,4-6,11-17H2,1-3H3,(H2,30,31,32,36)/t21-,22-,25?,26+/m0/s1. The molecule has 2 aromatic rings. The van der Waals surface area contributed by atoms with Gasteiger partial charge in [0, 0.05) is 44.5 Å². The number of hydrogen-bond donors (Lipinski definition) is 2. The van der Waals surface area contributed by atoms with Crippen molar-refractivity contribution in [1.29, 1.82) is 0 Å². The molecule has 2 aliphatic rings. The van der Waals surface area contributed by atoms with E-state index >= 15 is 0 Å². The Morgan fingerprint density at radius 1 is 1.22 bits per heavy atom. The number of benzene rings is 1. The van der Waals surface area contributed by atoms with Crippen molar-refractivity contribution < 1.29 is 14.0 Å². The van der Waals surface area contributed by atoms with Crippen molar-refractivity contribution in [3.63, 3.8) is 0 Å². The molecule has 3 amide bonds. The van der Waals surface area contributed by atoms with Crippen molar-refractivity contribution in [2.24, 2.45) is 11.8 Å². The van der Waals surface area contributed by atoms with E-state index in [1.165, 1.54) is 23.3 Å². The molecule has 37 heavy (non-hydrogen) atoms. The van der Waals surface area contributed by atoms with Crippen LogP contribution in [0.4, 0.5) is 14.3 Å². The van der Waals surface area contributed by atoms with Gasteiger partial charge in [0.15, 0.2) is 5.13 Å². The second kappa shape index (κ2) is 12.8. The van der Waals surface area contributed by atoms with Crippen LogP contribution in [0.25, 0.3) is 0 Å². The number of aromatic nitrogens is 1. The lowest BCUT2D eigenvalue weighted by atomic mass is 9.80. The predicted octanol–water partition coefficient (Wildman–Crippen LogP) is 4.94. The summed E-state index contributed by atoms with van der Waals surface area (Å²) in [6, 6.07) is 6.89. The average Bonchev–Trinajstić information content (AvgIpc) is 3.33. The summed E-state index contributed by atoms with van der Waals surface area (Å²) in [5, 5.41) is 8.73. The van der Waals surface area contributed by atoms with Gasteiger partial charge < -0.3 is 15.1 Å². The third-order valence-corrected chi connectivity index (χ3v) is 8.79. The van der Waals surface area contributed by atoms with Gasteiger partial charge in [0.05, 0.1) is 5.69 Å². The Kier molecular flexibility index (Phi) is 9.54. The molecule has 4 atom stereocenters. The molecule has 7 nitrogen and oxygen atoms in total. The van der Waals surface area contributed by atoms with Crippen LogP contribution >= 0.6 is 11.3 Å². The van der Waals surface area contributed by atoms with Crippen LogP contribution in [0.1, 0.15) is 57.2 Å². The van der Waals surface area contributed by atoms with E-state index in [9.17, 15) is 14.0 Å². The average molecular weight is 530 g/mol. The Labute approximate surface area is 223 Å². The van der Waals surface area contributed by atoms with E-state index < -0.39 is 0 Å². The van der Waals surface area contributed by atoms with Crippen LogP contribution in [0, 0.1) is 17.7 Å². The summed E-state index contributed by atoms with van der Waals surface area (Å²) in [7, 11) is 1.89. The Bertz CT molecular complexity index is 1050. The van der Waals surface area contributed by atoms with Gasteiger partial charge in [-0.2, -0.15) is 0 Å². The summed E-state index contributed by atoms with van der Waals surface area (Å²) in [6.07, 6.45) is 6.69. The Morgan fingerprint density at radius 2 is 2.00 bits per heavy atom. The number of hydrogen-bond acceptors (Lipinski definition) is 5. The summed E-state index contributed by atoms with van der Waals surface area (Å²) in [5.74, 6) is 0.671. The second-order valence-electron chi connectivity index (χ2n) is 10.7. The molecule has 0 radical (unpaired) electrons. The molecule has 2 fully saturated rings. The second-order valence-corrected chi connectivity index (χ2v) is 11.5. The zero-order valence-electron chi connectivity index (χ0n) is 22.2. The molecule has 1 aliphatic carbocycles. The van der Waals surface area contributed by atoms with Gasteiger partial charge in [-0.1, -0.05) is 19.1 Å². The number of nitrogens with zero attached hydrogens (tertiary/aromatic N) is 3. The molecule has 202 valence electrons. The molecule has 2 N–H and O–H groups in total. The Balaban J connectivity index is 1.39. The van der Waals surface area contributed by atoms with Crippen molar-refractivity contribution >= 4 is 28.4 Å². The van der Waals surface area contributed by atoms with Crippen LogP contribution in [0.2, 0.25) is 0 Å². The lowest BCUT2D eigenvalue weighted by Crippen LogP contribution is -2.53. The number of aryl methyl sites for hydroxylation is 1. The molecular formula is C28H40FN5O2S. The van der Waals surface area contributed by atoms with E-state index in [-0.39, 0.29) is 35.8 Å². The summed E-state index contributed by atoms with van der Waals surface area (Å²) in [4.78, 5) is 33.8. The molecule has 1 aromatic heterocycles. The summed E-state index contributed by atoms with van der Waals surface area (Å²) >= 11 is 1.45. The maximum Gasteiger partial charge on any atom is 0.321 e. The fraction of sp³-hybridized carbons (Fsp3) is 0.607. The number of carbonyl (C=O) groups is 2. The van der Waals surface area contributed by atoms with E-state index in [2.05, 4.69) is 20.5 Å². The highest BCUT2D eigenvalue weighted by Gasteiger charge is 2.36. The quantitative estimate of drug-likeness (QED) is 0.508. The first-order valence-electron chi connectivity index (χ1n) is 13.5. The SMILES string of the molecule is CCc1csc(NC(=O)N[C@@H]2CCC(N(C)C(C)=O)C[C@H]2CN2CCC[C@@H](Cc3ccc(F)cc3)C2)n1. The lowest BCUT2D eigenvalue weighted by Gasteiger charge is -2.43. The monoisotopic (exact) mass is 529 g/mol. The number of halogens is 1. The fourth-order valence-corrected chi connectivity index (χ4v) is 6.63. The minimum atomic E-state index is -0.210. The van der Waals surface area contributed by atoms with Crippen molar-refractivity contribution in [3.8, 4) is 0 Å². The number of urea groups is 1. The fourth-order valence-electron chi connectivity index (χ4n) is 5.84. The number of carbonyl (C=O) groups excluding carboxylic acids is 2. The normalized spacial score (nSPS) is 24.4. The first kappa shape index (κ1) is 27.5. The molecular weight excluding hydrogens is 489 g/mol. The Morgan fingerprint density at radius 3 is 2.70 bits per heavy atom. The first-order valence-corrected chi connectivity index (χ1v) is 14.4. The molecule has 1 saturated carbocycles. The highest BCUT2D eigenvalue weighted by atomic mass is 32.1. The maximum absolute atomic E-state index is 13.3. The van der Waals surface area contributed by atoms with Gasteiger partial charge in [-0.15, -0.1) is 11.3 Å². The number of anilines is 1. The van der Waals surface area contributed by atoms with Gasteiger partial charge >= 0.3 is 6.03 Å². The van der Waals surface area contributed by atoms with E-state index in [4.69, 9.17) is 0 Å². The molecule has 9 heteroatoms. The molecule has 1 unspecified atom stereocenters. The van der Waals surface area contributed by atoms with E-state index in [1.54, 1.807) is 19.1 Å². The van der Waals surface area contributed by atoms with Crippen molar-refractivity contribution in [1.82, 2.24) is 20.1 Å². The van der Waals surface area contributed by atoms with Gasteiger partial charge in [0.2, 0.25) is 5.91 Å². The molecule has 1 aromatic carbocycles. The van der Waals surface area contributed by atoms with Crippen LogP contribution in [0.15, 0.2) is 29.6 Å². The maximum atomic E-state index is 13.3. The molecule has 2 heterocycles. The molecule has 0 bridgehead atoms. The highest BCUT2D eigenvalue weighted by molar-refractivity contribution is 7.13. The first-order chi connectivity index (χ1) is 17.8. The van der Waals surface area contributed by atoms with Crippen LogP contribution in [0.3, 0.4) is 0 Å². The number of likely N-dealkylation sites (tertiary alicyclic amines) is 1. The van der Waals surface area contributed by atoms with E-state index in [0.29, 0.717) is 11.0 Å². The van der Waals surface area contributed by atoms with Crippen LogP contribution in [0.5, 0.6) is 0 Å². The summed E-state index contributed by atoms with van der Waals surface area (Å²) in [6.45, 7) is 6.60. The Hall–Kier alpha value is -2.52. The lowest BCUT2D eigenvalue weighted by molar-refractivity contribution is -0.130. The third-order valence-electron chi connectivity index (χ3n) is 7.98. The van der Waals surface area contributed by atoms with Crippen LogP contribution in [-0.4, -0.2) is 65.5 Å². The molecule has 4 rings (SSSR count). The topological polar surface area (TPSA) is 77.6 Å². The molecule has 0 spiro atoms. The zero-order chi connectivity index (χ0) is 26.4. The molecule has 1 saturated heterocycles. The third kappa shape index (κ3) is 7.74. The van der Waals surface area contributed by atoms with Gasteiger partial charge in [0.1, 0.15) is 5.82 Å².